The van der Waals surface area contributed by atoms with Crippen LogP contribution in [0, 0.1) is 12.3 Å². The van der Waals surface area contributed by atoms with E-state index in [-0.39, 0.29) is 17.4 Å². The second-order valence-corrected chi connectivity index (χ2v) is 9.41. The topological polar surface area (TPSA) is 75.7 Å². The van der Waals surface area contributed by atoms with Crippen LogP contribution in [0.25, 0.3) is 0 Å². The molecule has 2 aromatic carbocycles. The minimum absolute atomic E-state index is 0.0355. The number of carbonyl (C=O) groups excluding carboxylic acids is 1. The van der Waals surface area contributed by atoms with Crippen LogP contribution in [0.2, 0.25) is 0 Å². The lowest BCUT2D eigenvalue weighted by Gasteiger charge is -2.28. The maximum Gasteiger partial charge on any atom is 0.261 e. The van der Waals surface area contributed by atoms with Crippen LogP contribution in [-0.2, 0) is 14.8 Å². The molecule has 0 atom stereocenters. The van der Waals surface area contributed by atoms with Gasteiger partial charge >= 0.3 is 0 Å². The molecule has 0 unspecified atom stereocenters. The van der Waals surface area contributed by atoms with Gasteiger partial charge in [-0.1, -0.05) is 24.6 Å². The first-order valence-electron chi connectivity index (χ1n) is 9.32. The Kier molecular flexibility index (Phi) is 5.39. The molecule has 28 heavy (non-hydrogen) atoms. The molecule has 0 fully saturated rings. The minimum Gasteiger partial charge on any atom is -0.490 e. The van der Waals surface area contributed by atoms with E-state index < -0.39 is 15.4 Å². The Labute approximate surface area is 166 Å². The summed E-state index contributed by atoms with van der Waals surface area (Å²) in [6, 6.07) is 11.7. The largest absolute Gasteiger partial charge is 0.490 e. The number of sulfonamides is 1. The summed E-state index contributed by atoms with van der Waals surface area (Å²) in [6.45, 7) is 8.41. The third-order valence-electron chi connectivity index (χ3n) is 4.69. The first kappa shape index (κ1) is 20.2. The fourth-order valence-electron chi connectivity index (χ4n) is 3.09. The van der Waals surface area contributed by atoms with E-state index in [1.807, 2.05) is 27.7 Å². The zero-order valence-corrected chi connectivity index (χ0v) is 17.5. The molecule has 150 valence electrons. The lowest BCUT2D eigenvalue weighted by molar-refractivity contribution is -0.127. The Bertz CT molecular complexity index is 982. The van der Waals surface area contributed by atoms with Gasteiger partial charge in [-0.2, -0.15) is 0 Å². The van der Waals surface area contributed by atoms with Gasteiger partial charge in [0.15, 0.2) is 0 Å². The van der Waals surface area contributed by atoms with Gasteiger partial charge in [-0.3, -0.25) is 9.52 Å². The number of ether oxygens (including phenoxy) is 1. The molecule has 0 spiro atoms. The molecule has 0 aromatic heterocycles. The highest BCUT2D eigenvalue weighted by Crippen LogP contribution is 2.38. The normalized spacial score (nSPS) is 16.1. The molecular formula is C21H26N2O4S. The summed E-state index contributed by atoms with van der Waals surface area (Å²) >= 11 is 0. The SMILES string of the molecule is CCCN1C(=O)C(C)(C)COc2ccc(NS(=O)(=O)c3ccc(C)cc3)cc21. The molecule has 1 amide bonds. The molecule has 0 bridgehead atoms. The van der Waals surface area contributed by atoms with E-state index in [9.17, 15) is 13.2 Å². The smallest absolute Gasteiger partial charge is 0.261 e. The second-order valence-electron chi connectivity index (χ2n) is 7.73. The van der Waals surface area contributed by atoms with Gasteiger partial charge in [-0.05, 0) is 57.5 Å². The van der Waals surface area contributed by atoms with Crippen LogP contribution in [-0.4, -0.2) is 27.5 Å². The van der Waals surface area contributed by atoms with Gasteiger partial charge in [0.2, 0.25) is 5.91 Å². The van der Waals surface area contributed by atoms with Crippen LogP contribution in [0.15, 0.2) is 47.4 Å². The van der Waals surface area contributed by atoms with Gasteiger partial charge in [0.25, 0.3) is 10.0 Å². The molecule has 1 aliphatic heterocycles. The Balaban J connectivity index is 1.97. The predicted molar refractivity (Wildman–Crippen MR) is 110 cm³/mol. The number of nitrogens with one attached hydrogen (secondary N) is 1. The number of fused-ring (bicyclic) bond motifs is 1. The number of anilines is 2. The number of hydrogen-bond donors (Lipinski definition) is 1. The summed E-state index contributed by atoms with van der Waals surface area (Å²) in [7, 11) is -3.73. The molecule has 1 heterocycles. The molecule has 0 aliphatic carbocycles. The lowest BCUT2D eigenvalue weighted by atomic mass is 9.93. The Morgan fingerprint density at radius 3 is 2.46 bits per heavy atom. The Hall–Kier alpha value is -2.54. The van der Waals surface area contributed by atoms with E-state index in [0.29, 0.717) is 23.7 Å². The lowest BCUT2D eigenvalue weighted by Crippen LogP contribution is -2.42. The van der Waals surface area contributed by atoms with Gasteiger partial charge in [0.1, 0.15) is 12.4 Å². The van der Waals surface area contributed by atoms with Gasteiger partial charge in [0, 0.05) is 6.54 Å². The van der Waals surface area contributed by atoms with Crippen molar-refractivity contribution in [2.45, 2.75) is 39.0 Å². The van der Waals surface area contributed by atoms with Crippen LogP contribution in [0.3, 0.4) is 0 Å². The van der Waals surface area contributed by atoms with Gasteiger partial charge < -0.3 is 9.64 Å². The highest BCUT2D eigenvalue weighted by molar-refractivity contribution is 7.92. The van der Waals surface area contributed by atoms with Crippen molar-refractivity contribution < 1.29 is 17.9 Å². The van der Waals surface area contributed by atoms with Crippen molar-refractivity contribution in [3.8, 4) is 5.75 Å². The highest BCUT2D eigenvalue weighted by Gasteiger charge is 2.37. The minimum atomic E-state index is -3.73. The van der Waals surface area contributed by atoms with Crippen molar-refractivity contribution in [2.75, 3.05) is 22.8 Å². The number of hydrogen-bond acceptors (Lipinski definition) is 4. The molecule has 0 saturated heterocycles. The summed E-state index contributed by atoms with van der Waals surface area (Å²) in [6.07, 6.45) is 0.778. The maximum atomic E-state index is 13.0. The van der Waals surface area contributed by atoms with Crippen LogP contribution in [0.4, 0.5) is 11.4 Å². The molecular weight excluding hydrogens is 376 g/mol. The summed E-state index contributed by atoms with van der Waals surface area (Å²) in [5.74, 6) is 0.539. The Morgan fingerprint density at radius 1 is 1.14 bits per heavy atom. The molecule has 0 saturated carbocycles. The number of rotatable bonds is 5. The fourth-order valence-corrected chi connectivity index (χ4v) is 4.14. The van der Waals surface area contributed by atoms with Crippen molar-refractivity contribution in [3.05, 3.63) is 48.0 Å². The molecule has 0 radical (unpaired) electrons. The summed E-state index contributed by atoms with van der Waals surface area (Å²) in [5, 5.41) is 0. The molecule has 3 rings (SSSR count). The monoisotopic (exact) mass is 402 g/mol. The average Bonchev–Trinajstić information content (AvgIpc) is 2.72. The van der Waals surface area contributed by atoms with Gasteiger partial charge in [0.05, 0.1) is 21.7 Å². The zero-order chi connectivity index (χ0) is 20.5. The summed E-state index contributed by atoms with van der Waals surface area (Å²) in [4.78, 5) is 14.9. The zero-order valence-electron chi connectivity index (χ0n) is 16.7. The van der Waals surface area contributed by atoms with Crippen molar-refractivity contribution in [2.24, 2.45) is 5.41 Å². The van der Waals surface area contributed by atoms with E-state index in [4.69, 9.17) is 4.74 Å². The number of carbonyl (C=O) groups is 1. The van der Waals surface area contributed by atoms with Crippen LogP contribution < -0.4 is 14.4 Å². The van der Waals surface area contributed by atoms with Crippen LogP contribution in [0.5, 0.6) is 5.75 Å². The summed E-state index contributed by atoms with van der Waals surface area (Å²) < 4.78 is 33.9. The Morgan fingerprint density at radius 2 is 1.82 bits per heavy atom. The van der Waals surface area contributed by atoms with Gasteiger partial charge in [-0.25, -0.2) is 8.42 Å². The highest BCUT2D eigenvalue weighted by atomic mass is 32.2. The van der Waals surface area contributed by atoms with E-state index in [2.05, 4.69) is 4.72 Å². The fraction of sp³-hybridized carbons (Fsp3) is 0.381. The quantitative estimate of drug-likeness (QED) is 0.821. The van der Waals surface area contributed by atoms with Gasteiger partial charge in [-0.15, -0.1) is 0 Å². The van der Waals surface area contributed by atoms with Crippen molar-refractivity contribution in [1.82, 2.24) is 0 Å². The average molecular weight is 403 g/mol. The standard InChI is InChI=1S/C21H26N2O4S/c1-5-12-23-18-13-16(8-11-19(18)27-14-21(3,4)20(23)24)22-28(25,26)17-9-6-15(2)7-10-17/h6-11,13,22H,5,12,14H2,1-4H3. The molecule has 1 aliphatic rings. The first-order chi connectivity index (χ1) is 13.1. The van der Waals surface area contributed by atoms with E-state index in [1.54, 1.807) is 47.4 Å². The number of nitrogens with zero attached hydrogens (tertiary/aromatic N) is 1. The van der Waals surface area contributed by atoms with E-state index >= 15 is 0 Å². The maximum absolute atomic E-state index is 13.0. The van der Waals surface area contributed by atoms with Crippen molar-refractivity contribution in [3.63, 3.8) is 0 Å². The van der Waals surface area contributed by atoms with Crippen molar-refractivity contribution >= 4 is 27.3 Å². The van der Waals surface area contributed by atoms with Crippen LogP contribution >= 0.6 is 0 Å². The van der Waals surface area contributed by atoms with Crippen LogP contribution in [0.1, 0.15) is 32.8 Å². The van der Waals surface area contributed by atoms with Crippen molar-refractivity contribution in [1.29, 1.82) is 0 Å². The second kappa shape index (κ2) is 7.47. The number of benzene rings is 2. The predicted octanol–water partition coefficient (Wildman–Crippen LogP) is 3.96. The molecule has 6 nitrogen and oxygen atoms in total. The molecule has 7 heteroatoms. The third kappa shape index (κ3) is 3.99. The number of aryl methyl sites for hydroxylation is 1. The first-order valence-corrected chi connectivity index (χ1v) is 10.8. The summed E-state index contributed by atoms with van der Waals surface area (Å²) in [5.41, 5.74) is 1.30. The third-order valence-corrected chi connectivity index (χ3v) is 6.09. The van der Waals surface area contributed by atoms with E-state index in [0.717, 1.165) is 12.0 Å². The van der Waals surface area contributed by atoms with E-state index in [1.165, 1.54) is 0 Å². The number of amides is 1. The molecule has 1 N–H and O–H groups in total. The molecule has 2 aromatic rings.